The number of hydrogen-bond donors (Lipinski definition) is 0. The predicted octanol–water partition coefficient (Wildman–Crippen LogP) is 34.6. The number of aromatic nitrogens is 11. The van der Waals surface area contributed by atoms with Gasteiger partial charge in [-0.1, -0.05) is 309 Å². The minimum Gasteiger partial charge on any atom is -0.290 e. The molecule has 0 fully saturated rings. The average molecular weight is 1840 g/mol. The standard InChI is InChI=1S/C56H33N3.C41H24N4.C37H22N4/c1-3-13-36-29-40(23-21-34(36)11-1)52-44-17-7-8-18-45(44)53(41-24-22-35-12-2-4-14-37(35)30-41)47-31-38(25-27-46(47)52)39-26-28-50-48(32-39)54-43-16-6-5-15-42(43)33-57-55(54)56-58-49-19-9-10-20-51(49)59(50)56;1-2-9-26-22-27(16-15-25(26)8-1)38-29-10-3-5-12-31(29)39(32-13-6-4-11-30(32)38)28-17-18-36-35(23-28)44-41-34-14-7-20-43-40(34)33-19-21-42-24-37(33)45(36)41;1-2-5-24-18-25(8-7-23(24)4-1)26-9-10-28-20-29(12-11-27(28)19-26)30-13-14-34-33(21-30)40-37-32-6-3-16-39-36(32)31-15-17-38-22-35(31)41(34)37/h1-33H;1-24H;1-22H. The largest absolute Gasteiger partial charge is 0.290 e. The van der Waals surface area contributed by atoms with E-state index in [-0.39, 0.29) is 0 Å². The molecule has 0 bridgehead atoms. The van der Waals surface area contributed by atoms with E-state index in [0.29, 0.717) is 0 Å². The van der Waals surface area contributed by atoms with Crippen LogP contribution in [-0.2, 0) is 0 Å². The Morgan fingerprint density at radius 3 is 0.945 bits per heavy atom. The van der Waals surface area contributed by atoms with Crippen molar-refractivity contribution >= 4 is 223 Å². The molecule has 0 aliphatic rings. The normalized spacial score (nSPS) is 12.0. The molecule has 11 aromatic heterocycles. The Morgan fingerprint density at radius 2 is 0.462 bits per heavy atom. The molecule has 21 aromatic carbocycles. The Balaban J connectivity index is 0.000000103. The molecule has 670 valence electrons. The zero-order valence-electron chi connectivity index (χ0n) is 78.0. The zero-order chi connectivity index (χ0) is 95.0. The molecule has 0 spiro atoms. The van der Waals surface area contributed by atoms with E-state index in [1.54, 1.807) is 0 Å². The van der Waals surface area contributed by atoms with E-state index >= 15 is 0 Å². The highest BCUT2D eigenvalue weighted by molar-refractivity contribution is 6.27. The monoisotopic (exact) mass is 1840 g/mol. The van der Waals surface area contributed by atoms with Gasteiger partial charge in [0.15, 0.2) is 5.65 Å². The van der Waals surface area contributed by atoms with Crippen molar-refractivity contribution in [2.24, 2.45) is 0 Å². The van der Waals surface area contributed by atoms with E-state index in [1.165, 1.54) is 158 Å². The second kappa shape index (κ2) is 32.5. The third kappa shape index (κ3) is 13.0. The van der Waals surface area contributed by atoms with Crippen LogP contribution in [0.1, 0.15) is 0 Å². The number of nitrogens with zero attached hydrogens (tertiary/aromatic N) is 11. The smallest absolute Gasteiger partial charge is 0.165 e. The predicted molar refractivity (Wildman–Crippen MR) is 605 cm³/mol. The number of fused-ring (bicyclic) bond motifs is 35. The Bertz CT molecular complexity index is 11100. The lowest BCUT2D eigenvalue weighted by Crippen LogP contribution is -1.95. The molecule has 0 amide bonds. The number of hydrogen-bond acceptors (Lipinski definition) is 8. The topological polar surface area (TPSA) is 116 Å². The molecular formula is C134H79N11. The number of benzene rings is 21. The lowest BCUT2D eigenvalue weighted by Gasteiger charge is -2.19. The molecule has 32 rings (SSSR count). The summed E-state index contributed by atoms with van der Waals surface area (Å²) in [5, 5.41) is 31.1. The highest BCUT2D eigenvalue weighted by Gasteiger charge is 2.26. The number of para-hydroxylation sites is 2. The first-order valence-corrected chi connectivity index (χ1v) is 49.2. The van der Waals surface area contributed by atoms with Crippen molar-refractivity contribution in [1.82, 2.24) is 53.1 Å². The van der Waals surface area contributed by atoms with Crippen molar-refractivity contribution in [3.63, 3.8) is 0 Å². The van der Waals surface area contributed by atoms with Gasteiger partial charge in [-0.3, -0.25) is 38.1 Å². The number of rotatable bonds is 7. The Hall–Kier alpha value is -19.6. The molecule has 0 atom stereocenters. The molecule has 0 N–H and O–H groups in total. The Kier molecular flexibility index (Phi) is 18.2. The fourth-order valence-electron chi connectivity index (χ4n) is 23.4. The Morgan fingerprint density at radius 1 is 0.152 bits per heavy atom. The minimum atomic E-state index is 0.881. The minimum absolute atomic E-state index is 0.881. The molecule has 145 heavy (non-hydrogen) atoms. The van der Waals surface area contributed by atoms with Crippen molar-refractivity contribution < 1.29 is 0 Å². The van der Waals surface area contributed by atoms with Crippen LogP contribution in [0, 0.1) is 0 Å². The maximum absolute atomic E-state index is 5.23. The van der Waals surface area contributed by atoms with Gasteiger partial charge in [0.25, 0.3) is 0 Å². The summed E-state index contributed by atoms with van der Waals surface area (Å²) in [7, 11) is 0. The van der Waals surface area contributed by atoms with Crippen molar-refractivity contribution in [2.75, 3.05) is 0 Å². The van der Waals surface area contributed by atoms with Gasteiger partial charge >= 0.3 is 0 Å². The quantitative estimate of drug-likeness (QED) is 0.114. The van der Waals surface area contributed by atoms with Crippen LogP contribution in [-0.4, -0.2) is 53.1 Å². The zero-order valence-corrected chi connectivity index (χ0v) is 78.0. The van der Waals surface area contributed by atoms with Crippen LogP contribution in [0.2, 0.25) is 0 Å². The maximum Gasteiger partial charge on any atom is 0.165 e. The molecule has 0 radical (unpaired) electrons. The molecule has 0 saturated heterocycles. The van der Waals surface area contributed by atoms with Gasteiger partial charge in [0, 0.05) is 68.7 Å². The van der Waals surface area contributed by atoms with E-state index in [1.807, 2.05) is 67.6 Å². The van der Waals surface area contributed by atoms with Crippen LogP contribution < -0.4 is 0 Å². The van der Waals surface area contributed by atoms with Crippen LogP contribution in [0.15, 0.2) is 480 Å². The SMILES string of the molecule is c1ccc2cc(-c3c4ccccc4c(-c4ccc5c(c4)nc4c6cccnc6c6ccncc6n54)c4ccccc34)ccc2c1.c1ccc2cc(-c3c4ccccc4c(-c4ccc5ccccc5c4)c4cc(-c5ccc6c(c5)c5c7ccccc7cnc5c5nc7ccccc7n65)ccc34)ccc2c1.c1ccc2cc(-c3ccc4cc(-c5ccc6c(c5)nc5c7cccnc7c7ccncc7n65)ccc4c3)ccc2c1. The van der Waals surface area contributed by atoms with Gasteiger partial charge in [0.05, 0.1) is 73.1 Å². The average Bonchev–Trinajstić information content (AvgIpc) is 1.49. The van der Waals surface area contributed by atoms with Crippen molar-refractivity contribution in [3.8, 4) is 77.9 Å². The van der Waals surface area contributed by atoms with Crippen molar-refractivity contribution in [2.45, 2.75) is 0 Å². The molecule has 32 aromatic rings. The maximum atomic E-state index is 5.23. The first-order chi connectivity index (χ1) is 71.9. The third-order valence-corrected chi connectivity index (χ3v) is 30.0. The number of imidazole rings is 3. The molecule has 11 nitrogen and oxygen atoms in total. The van der Waals surface area contributed by atoms with E-state index in [2.05, 4.69) is 441 Å². The molecule has 0 saturated carbocycles. The first-order valence-electron chi connectivity index (χ1n) is 49.2. The highest BCUT2D eigenvalue weighted by atomic mass is 15.0. The molecule has 0 aliphatic carbocycles. The van der Waals surface area contributed by atoms with Crippen LogP contribution in [0.4, 0.5) is 0 Å². The van der Waals surface area contributed by atoms with Crippen molar-refractivity contribution in [1.29, 1.82) is 0 Å². The molecule has 11 heteroatoms. The number of pyridine rings is 8. The summed E-state index contributed by atoms with van der Waals surface area (Å²) >= 11 is 0. The highest BCUT2D eigenvalue weighted by Crippen LogP contribution is 2.50. The van der Waals surface area contributed by atoms with Gasteiger partial charge in [-0.25, -0.2) is 15.0 Å². The van der Waals surface area contributed by atoms with Crippen LogP contribution in [0.25, 0.3) is 301 Å². The third-order valence-electron chi connectivity index (χ3n) is 30.0. The lowest BCUT2D eigenvalue weighted by atomic mass is 9.84. The van der Waals surface area contributed by atoms with E-state index in [4.69, 9.17) is 24.9 Å². The summed E-state index contributed by atoms with van der Waals surface area (Å²) in [6, 6.07) is 158. The first kappa shape index (κ1) is 81.4. The fraction of sp³-hybridized carbons (Fsp3) is 0. The van der Waals surface area contributed by atoms with E-state index in [0.717, 1.165) is 143 Å². The summed E-state index contributed by atoms with van der Waals surface area (Å²) in [6.45, 7) is 0. The molecule has 0 unspecified atom stereocenters. The van der Waals surface area contributed by atoms with Crippen LogP contribution in [0.5, 0.6) is 0 Å². The van der Waals surface area contributed by atoms with Gasteiger partial charge in [0.1, 0.15) is 16.8 Å². The summed E-state index contributed by atoms with van der Waals surface area (Å²) in [5.74, 6) is 0. The molecule has 0 aliphatic heterocycles. The second-order valence-corrected chi connectivity index (χ2v) is 38.0. The summed E-state index contributed by atoms with van der Waals surface area (Å²) in [5.41, 5.74) is 31.6. The van der Waals surface area contributed by atoms with Gasteiger partial charge in [-0.2, -0.15) is 0 Å². The summed E-state index contributed by atoms with van der Waals surface area (Å²) in [6.07, 6.45) is 13.1. The van der Waals surface area contributed by atoms with Gasteiger partial charge in [-0.15, -0.1) is 0 Å². The van der Waals surface area contributed by atoms with Crippen LogP contribution >= 0.6 is 0 Å². The van der Waals surface area contributed by atoms with Crippen LogP contribution in [0.3, 0.4) is 0 Å². The van der Waals surface area contributed by atoms with Gasteiger partial charge in [0.2, 0.25) is 0 Å². The van der Waals surface area contributed by atoms with Gasteiger partial charge in [-0.05, 0) is 308 Å². The Labute approximate surface area is 828 Å². The molecule has 11 heterocycles. The fourth-order valence-corrected chi connectivity index (χ4v) is 23.4. The molecular weight excluding hydrogens is 1760 g/mol. The lowest BCUT2D eigenvalue weighted by molar-refractivity contribution is 1.26. The van der Waals surface area contributed by atoms with Crippen molar-refractivity contribution in [3.05, 3.63) is 480 Å². The second-order valence-electron chi connectivity index (χ2n) is 38.0. The summed E-state index contributed by atoms with van der Waals surface area (Å²) in [4.78, 5) is 38.9. The summed E-state index contributed by atoms with van der Waals surface area (Å²) < 4.78 is 6.73. The van der Waals surface area contributed by atoms with E-state index in [9.17, 15) is 0 Å². The van der Waals surface area contributed by atoms with E-state index < -0.39 is 0 Å². The van der Waals surface area contributed by atoms with Gasteiger partial charge < -0.3 is 0 Å².